The molecule has 1 saturated carbocycles. The summed E-state index contributed by atoms with van der Waals surface area (Å²) in [7, 11) is -3.42. The molecule has 6 nitrogen and oxygen atoms in total. The Morgan fingerprint density at radius 2 is 1.41 bits per heavy atom. The molecule has 3 fully saturated rings. The average Bonchev–Trinajstić information content (AvgIpc) is 3.42. The molecule has 3 aliphatic rings. The van der Waals surface area contributed by atoms with E-state index in [0.717, 1.165) is 39.0 Å². The number of carbonyl (C=O) groups is 1. The van der Waals surface area contributed by atoms with Crippen molar-refractivity contribution in [2.45, 2.75) is 49.5 Å². The van der Waals surface area contributed by atoms with Crippen molar-refractivity contribution in [3.63, 3.8) is 0 Å². The van der Waals surface area contributed by atoms with Crippen LogP contribution in [0.2, 0.25) is 0 Å². The van der Waals surface area contributed by atoms with Crippen molar-refractivity contribution in [3.8, 4) is 0 Å². The lowest BCUT2D eigenvalue weighted by atomic mass is 10.1. The van der Waals surface area contributed by atoms with Gasteiger partial charge in [0.15, 0.2) is 0 Å². The normalized spacial score (nSPS) is 23.2. The van der Waals surface area contributed by atoms with E-state index in [1.807, 2.05) is 4.90 Å². The van der Waals surface area contributed by atoms with Crippen LogP contribution in [0.15, 0.2) is 29.2 Å². The summed E-state index contributed by atoms with van der Waals surface area (Å²) in [5, 5.41) is 0. The van der Waals surface area contributed by atoms with Crippen LogP contribution in [0.1, 0.15) is 48.9 Å². The lowest BCUT2D eigenvalue weighted by Crippen LogP contribution is -2.51. The standard InChI is InChI=1S/C20H29N3O3S/c24-20(22-15-13-21(14-16-22)18-5-1-2-6-18)17-7-9-19(10-8-17)27(25,26)23-11-3-4-12-23/h7-10,18H,1-6,11-16H2. The second-order valence-corrected chi connectivity index (χ2v) is 9.84. The van der Waals surface area contributed by atoms with Gasteiger partial charge in [0.1, 0.15) is 0 Å². The van der Waals surface area contributed by atoms with Crippen LogP contribution in [0.3, 0.4) is 0 Å². The highest BCUT2D eigenvalue weighted by Crippen LogP contribution is 2.25. The van der Waals surface area contributed by atoms with Gasteiger partial charge < -0.3 is 4.90 Å². The Morgan fingerprint density at radius 1 is 0.815 bits per heavy atom. The summed E-state index contributed by atoms with van der Waals surface area (Å²) in [5.41, 5.74) is 0.574. The number of sulfonamides is 1. The minimum Gasteiger partial charge on any atom is -0.336 e. The molecular weight excluding hydrogens is 362 g/mol. The fourth-order valence-electron chi connectivity index (χ4n) is 4.59. The maximum absolute atomic E-state index is 12.8. The molecule has 0 N–H and O–H groups in total. The van der Waals surface area contributed by atoms with Crippen molar-refractivity contribution >= 4 is 15.9 Å². The molecular formula is C20H29N3O3S. The molecule has 148 valence electrons. The minimum atomic E-state index is -3.42. The Labute approximate surface area is 162 Å². The van der Waals surface area contributed by atoms with Crippen molar-refractivity contribution in [1.29, 1.82) is 0 Å². The molecule has 0 atom stereocenters. The van der Waals surface area contributed by atoms with Crippen molar-refractivity contribution in [3.05, 3.63) is 29.8 Å². The Hall–Kier alpha value is -1.44. The third-order valence-corrected chi connectivity index (χ3v) is 8.16. The van der Waals surface area contributed by atoms with Gasteiger partial charge in [0.05, 0.1) is 4.90 Å². The summed E-state index contributed by atoms with van der Waals surface area (Å²) in [6, 6.07) is 7.19. The van der Waals surface area contributed by atoms with Gasteiger partial charge in [0, 0.05) is 50.9 Å². The van der Waals surface area contributed by atoms with Gasteiger partial charge in [-0.15, -0.1) is 0 Å². The van der Waals surface area contributed by atoms with Gasteiger partial charge in [-0.3, -0.25) is 9.69 Å². The lowest BCUT2D eigenvalue weighted by molar-refractivity contribution is 0.0573. The van der Waals surface area contributed by atoms with E-state index in [0.29, 0.717) is 24.7 Å². The zero-order valence-electron chi connectivity index (χ0n) is 15.8. The highest BCUT2D eigenvalue weighted by Gasteiger charge is 2.29. The summed E-state index contributed by atoms with van der Waals surface area (Å²) in [6.45, 7) is 4.57. The number of rotatable bonds is 4. The van der Waals surface area contributed by atoms with Crippen LogP contribution in [-0.4, -0.2) is 73.7 Å². The summed E-state index contributed by atoms with van der Waals surface area (Å²) in [4.78, 5) is 17.5. The van der Waals surface area contributed by atoms with Gasteiger partial charge >= 0.3 is 0 Å². The largest absolute Gasteiger partial charge is 0.336 e. The number of hydrogen-bond acceptors (Lipinski definition) is 4. The average molecular weight is 392 g/mol. The smallest absolute Gasteiger partial charge is 0.253 e. The fourth-order valence-corrected chi connectivity index (χ4v) is 6.11. The van der Waals surface area contributed by atoms with Gasteiger partial charge in [0.2, 0.25) is 10.0 Å². The molecule has 7 heteroatoms. The van der Waals surface area contributed by atoms with E-state index in [2.05, 4.69) is 4.90 Å². The van der Waals surface area contributed by atoms with Crippen LogP contribution in [0.25, 0.3) is 0 Å². The molecule has 2 aliphatic heterocycles. The van der Waals surface area contributed by atoms with E-state index in [9.17, 15) is 13.2 Å². The number of nitrogens with zero attached hydrogens (tertiary/aromatic N) is 3. The van der Waals surface area contributed by atoms with E-state index in [-0.39, 0.29) is 10.8 Å². The van der Waals surface area contributed by atoms with E-state index in [1.165, 1.54) is 30.0 Å². The van der Waals surface area contributed by atoms with Gasteiger partial charge in [-0.1, -0.05) is 12.8 Å². The molecule has 0 radical (unpaired) electrons. The van der Waals surface area contributed by atoms with Crippen LogP contribution >= 0.6 is 0 Å². The number of benzene rings is 1. The van der Waals surface area contributed by atoms with Crippen LogP contribution in [-0.2, 0) is 10.0 Å². The summed E-state index contributed by atoms with van der Waals surface area (Å²) in [5.74, 6) is 0.00573. The first-order valence-corrected chi connectivity index (χ1v) is 11.6. The Morgan fingerprint density at radius 3 is 2.00 bits per heavy atom. The third-order valence-electron chi connectivity index (χ3n) is 6.25. The third kappa shape index (κ3) is 3.91. The molecule has 0 bridgehead atoms. The molecule has 2 heterocycles. The zero-order chi connectivity index (χ0) is 18.9. The zero-order valence-corrected chi connectivity index (χ0v) is 16.7. The van der Waals surface area contributed by atoms with E-state index in [1.54, 1.807) is 24.3 Å². The molecule has 0 unspecified atom stereocenters. The molecule has 0 aromatic heterocycles. The Bertz CT molecular complexity index is 758. The Balaban J connectivity index is 1.38. The number of piperazine rings is 1. The second-order valence-electron chi connectivity index (χ2n) is 7.90. The Kier molecular flexibility index (Phi) is 5.53. The van der Waals surface area contributed by atoms with Gasteiger partial charge in [0.25, 0.3) is 5.91 Å². The predicted molar refractivity (Wildman–Crippen MR) is 104 cm³/mol. The van der Waals surface area contributed by atoms with Crippen molar-refractivity contribution in [1.82, 2.24) is 14.1 Å². The molecule has 2 saturated heterocycles. The predicted octanol–water partition coefficient (Wildman–Crippen LogP) is 2.17. The van der Waals surface area contributed by atoms with Crippen molar-refractivity contribution < 1.29 is 13.2 Å². The molecule has 0 spiro atoms. The van der Waals surface area contributed by atoms with Gasteiger partial charge in [-0.25, -0.2) is 8.42 Å². The van der Waals surface area contributed by atoms with Gasteiger partial charge in [-0.05, 0) is 49.9 Å². The first kappa shape index (κ1) is 18.9. The maximum atomic E-state index is 12.8. The first-order valence-electron chi connectivity index (χ1n) is 10.2. The molecule has 27 heavy (non-hydrogen) atoms. The van der Waals surface area contributed by atoms with E-state index < -0.39 is 10.0 Å². The second kappa shape index (κ2) is 7.89. The van der Waals surface area contributed by atoms with Crippen LogP contribution in [0.4, 0.5) is 0 Å². The number of amides is 1. The number of carbonyl (C=O) groups excluding carboxylic acids is 1. The van der Waals surface area contributed by atoms with E-state index in [4.69, 9.17) is 0 Å². The van der Waals surface area contributed by atoms with Crippen LogP contribution in [0.5, 0.6) is 0 Å². The van der Waals surface area contributed by atoms with Crippen LogP contribution in [0, 0.1) is 0 Å². The lowest BCUT2D eigenvalue weighted by Gasteiger charge is -2.38. The highest BCUT2D eigenvalue weighted by atomic mass is 32.2. The summed E-state index contributed by atoms with van der Waals surface area (Å²) < 4.78 is 26.7. The van der Waals surface area contributed by atoms with E-state index >= 15 is 0 Å². The molecule has 1 aliphatic carbocycles. The van der Waals surface area contributed by atoms with Crippen molar-refractivity contribution in [2.75, 3.05) is 39.3 Å². The van der Waals surface area contributed by atoms with Gasteiger partial charge in [-0.2, -0.15) is 4.31 Å². The summed E-state index contributed by atoms with van der Waals surface area (Å²) in [6.07, 6.45) is 7.08. The molecule has 1 amide bonds. The minimum absolute atomic E-state index is 0.00573. The number of hydrogen-bond donors (Lipinski definition) is 0. The van der Waals surface area contributed by atoms with Crippen molar-refractivity contribution in [2.24, 2.45) is 0 Å². The monoisotopic (exact) mass is 391 g/mol. The first-order chi connectivity index (χ1) is 13.1. The topological polar surface area (TPSA) is 60.9 Å². The quantitative estimate of drug-likeness (QED) is 0.789. The van der Waals surface area contributed by atoms with Crippen LogP contribution < -0.4 is 0 Å². The molecule has 4 rings (SSSR count). The fraction of sp³-hybridized carbons (Fsp3) is 0.650. The highest BCUT2D eigenvalue weighted by molar-refractivity contribution is 7.89. The maximum Gasteiger partial charge on any atom is 0.253 e. The summed E-state index contributed by atoms with van der Waals surface area (Å²) >= 11 is 0. The molecule has 1 aromatic carbocycles. The SMILES string of the molecule is O=C(c1ccc(S(=O)(=O)N2CCCC2)cc1)N1CCN(C2CCCC2)CC1. The molecule has 1 aromatic rings.